The van der Waals surface area contributed by atoms with E-state index < -0.39 is 41.9 Å². The van der Waals surface area contributed by atoms with Gasteiger partial charge in [0.15, 0.2) is 0 Å². The fraction of sp³-hybridized carbons (Fsp3) is 0.667. The average Bonchev–Trinajstić information content (AvgIpc) is 2.37. The molecule has 0 bridgehead atoms. The van der Waals surface area contributed by atoms with Crippen molar-refractivity contribution in [3.05, 3.63) is 0 Å². The third kappa shape index (κ3) is 4.35. The van der Waals surface area contributed by atoms with E-state index in [1.54, 1.807) is 6.92 Å². The normalized spacial score (nSPS) is 10.5. The summed E-state index contributed by atoms with van der Waals surface area (Å²) in [7, 11) is 2.24. The van der Waals surface area contributed by atoms with E-state index in [0.717, 1.165) is 21.1 Å². The molecule has 0 saturated carbocycles. The third-order valence-corrected chi connectivity index (χ3v) is 2.69. The Bertz CT molecular complexity index is 354. The van der Waals surface area contributed by atoms with Gasteiger partial charge in [0, 0.05) is 0 Å². The molecule has 0 unspecified atom stereocenters. The molecule has 0 atom stereocenters. The largest absolute Gasteiger partial charge is 0.469 e. The maximum Gasteiger partial charge on any atom is 0.320 e. The highest BCUT2D eigenvalue weighted by Crippen LogP contribution is 2.31. The molecule has 7 heteroatoms. The van der Waals surface area contributed by atoms with Crippen LogP contribution in [0.1, 0.15) is 26.7 Å². The lowest BCUT2D eigenvalue weighted by atomic mass is 9.77. The minimum absolute atomic E-state index is 0.0240. The first kappa shape index (κ1) is 17.1. The number of ether oxygens (including phenoxy) is 3. The van der Waals surface area contributed by atoms with E-state index in [1.807, 2.05) is 0 Å². The molecule has 19 heavy (non-hydrogen) atoms. The molecule has 0 saturated heterocycles. The quantitative estimate of drug-likeness (QED) is 0.373. The summed E-state index contributed by atoms with van der Waals surface area (Å²) in [5, 5.41) is 0. The Balaban J connectivity index is 5.46. The molecule has 0 aromatic carbocycles. The molecule has 0 aromatic heterocycles. The molecular formula is C12H18O7. The fourth-order valence-electron chi connectivity index (χ4n) is 1.51. The standard InChI is InChI=1S/C12H18O7/c1-5-19-11(16)12(8(2)13,6-9(14)17-3)7-10(15)18-4/h5-7H2,1-4H3. The van der Waals surface area contributed by atoms with Crippen LogP contribution in [-0.2, 0) is 33.4 Å². The Morgan fingerprint density at radius 1 is 0.947 bits per heavy atom. The number of ketones is 1. The van der Waals surface area contributed by atoms with Gasteiger partial charge < -0.3 is 14.2 Å². The van der Waals surface area contributed by atoms with Gasteiger partial charge in [0.1, 0.15) is 11.2 Å². The molecule has 108 valence electrons. The van der Waals surface area contributed by atoms with Gasteiger partial charge in [0.25, 0.3) is 0 Å². The predicted octanol–water partition coefficient (Wildman–Crippen LogP) is 0.251. The van der Waals surface area contributed by atoms with Crippen molar-refractivity contribution in [1.29, 1.82) is 0 Å². The smallest absolute Gasteiger partial charge is 0.320 e. The first-order valence-corrected chi connectivity index (χ1v) is 5.66. The summed E-state index contributed by atoms with van der Waals surface area (Å²) in [6.07, 6.45) is -1.13. The molecule has 0 aliphatic heterocycles. The Kier molecular flexibility index (Phi) is 6.74. The first-order valence-electron chi connectivity index (χ1n) is 5.66. The molecule has 0 amide bonds. The second-order valence-electron chi connectivity index (χ2n) is 3.86. The van der Waals surface area contributed by atoms with E-state index in [4.69, 9.17) is 4.74 Å². The van der Waals surface area contributed by atoms with E-state index in [1.165, 1.54) is 0 Å². The summed E-state index contributed by atoms with van der Waals surface area (Å²) in [6.45, 7) is 2.69. The van der Waals surface area contributed by atoms with Crippen molar-refractivity contribution in [2.45, 2.75) is 26.7 Å². The summed E-state index contributed by atoms with van der Waals surface area (Å²) >= 11 is 0. The fourth-order valence-corrected chi connectivity index (χ4v) is 1.51. The van der Waals surface area contributed by atoms with Crippen molar-refractivity contribution in [3.8, 4) is 0 Å². The number of Topliss-reactive ketones (excluding diaryl/α,β-unsaturated/α-hetero) is 1. The van der Waals surface area contributed by atoms with Gasteiger partial charge in [-0.1, -0.05) is 0 Å². The Morgan fingerprint density at radius 2 is 1.37 bits per heavy atom. The lowest BCUT2D eigenvalue weighted by Crippen LogP contribution is -2.43. The van der Waals surface area contributed by atoms with Crippen LogP contribution in [0.15, 0.2) is 0 Å². The van der Waals surface area contributed by atoms with Gasteiger partial charge in [-0.05, 0) is 13.8 Å². The van der Waals surface area contributed by atoms with Crippen molar-refractivity contribution in [1.82, 2.24) is 0 Å². The Hall–Kier alpha value is -1.92. The number of rotatable bonds is 7. The van der Waals surface area contributed by atoms with Gasteiger partial charge >= 0.3 is 17.9 Å². The summed E-state index contributed by atoms with van der Waals surface area (Å²) in [6, 6.07) is 0. The first-order chi connectivity index (χ1) is 8.83. The van der Waals surface area contributed by atoms with Crippen LogP contribution in [0.2, 0.25) is 0 Å². The molecule has 0 heterocycles. The topological polar surface area (TPSA) is 96.0 Å². The Morgan fingerprint density at radius 3 is 1.63 bits per heavy atom. The van der Waals surface area contributed by atoms with Crippen molar-refractivity contribution < 1.29 is 33.4 Å². The summed E-state index contributed by atoms with van der Waals surface area (Å²) in [5.41, 5.74) is -1.89. The number of carbonyl (C=O) groups is 4. The third-order valence-electron chi connectivity index (χ3n) is 2.69. The number of hydrogen-bond donors (Lipinski definition) is 0. The number of hydrogen-bond acceptors (Lipinski definition) is 7. The zero-order chi connectivity index (χ0) is 15.1. The van der Waals surface area contributed by atoms with Crippen molar-refractivity contribution in [3.63, 3.8) is 0 Å². The predicted molar refractivity (Wildman–Crippen MR) is 63.0 cm³/mol. The lowest BCUT2D eigenvalue weighted by molar-refractivity contribution is -0.170. The zero-order valence-electron chi connectivity index (χ0n) is 11.5. The van der Waals surface area contributed by atoms with Crippen LogP contribution >= 0.6 is 0 Å². The van der Waals surface area contributed by atoms with Crippen LogP contribution in [0.3, 0.4) is 0 Å². The van der Waals surface area contributed by atoms with E-state index >= 15 is 0 Å². The van der Waals surface area contributed by atoms with Crippen molar-refractivity contribution in [2.75, 3.05) is 20.8 Å². The van der Waals surface area contributed by atoms with E-state index in [-0.39, 0.29) is 6.61 Å². The van der Waals surface area contributed by atoms with Gasteiger partial charge in [-0.25, -0.2) is 0 Å². The van der Waals surface area contributed by atoms with Gasteiger partial charge in [0.2, 0.25) is 0 Å². The second kappa shape index (κ2) is 7.50. The van der Waals surface area contributed by atoms with Crippen molar-refractivity contribution in [2.24, 2.45) is 5.41 Å². The van der Waals surface area contributed by atoms with Crippen LogP contribution in [-0.4, -0.2) is 44.5 Å². The van der Waals surface area contributed by atoms with Crippen molar-refractivity contribution >= 4 is 23.7 Å². The van der Waals surface area contributed by atoms with Crippen LogP contribution < -0.4 is 0 Å². The molecule has 0 rings (SSSR count). The maximum absolute atomic E-state index is 12.0. The molecule has 0 fully saturated rings. The highest BCUT2D eigenvalue weighted by molar-refractivity contribution is 6.07. The molecule has 0 aromatic rings. The van der Waals surface area contributed by atoms with Crippen LogP contribution in [0.25, 0.3) is 0 Å². The number of carbonyl (C=O) groups excluding carboxylic acids is 4. The molecule has 0 N–H and O–H groups in total. The Labute approximate surface area is 111 Å². The molecular weight excluding hydrogens is 256 g/mol. The number of methoxy groups -OCH3 is 2. The summed E-state index contributed by atoms with van der Waals surface area (Å²) in [5.74, 6) is -3.15. The number of esters is 3. The van der Waals surface area contributed by atoms with Crippen LogP contribution in [0, 0.1) is 5.41 Å². The van der Waals surface area contributed by atoms with Gasteiger partial charge in [0.05, 0.1) is 33.7 Å². The van der Waals surface area contributed by atoms with Gasteiger partial charge in [-0.3, -0.25) is 19.2 Å². The molecule has 0 aliphatic rings. The van der Waals surface area contributed by atoms with Crippen LogP contribution in [0.5, 0.6) is 0 Å². The minimum Gasteiger partial charge on any atom is -0.469 e. The van der Waals surface area contributed by atoms with Gasteiger partial charge in [-0.15, -0.1) is 0 Å². The second-order valence-corrected chi connectivity index (χ2v) is 3.86. The van der Waals surface area contributed by atoms with E-state index in [9.17, 15) is 19.2 Å². The minimum atomic E-state index is -1.89. The molecule has 0 radical (unpaired) electrons. The molecule has 7 nitrogen and oxygen atoms in total. The summed E-state index contributed by atoms with van der Waals surface area (Å²) in [4.78, 5) is 46.5. The monoisotopic (exact) mass is 274 g/mol. The average molecular weight is 274 g/mol. The summed E-state index contributed by atoms with van der Waals surface area (Å²) < 4.78 is 13.7. The lowest BCUT2D eigenvalue weighted by Gasteiger charge is -2.26. The zero-order valence-corrected chi connectivity index (χ0v) is 11.5. The van der Waals surface area contributed by atoms with E-state index in [2.05, 4.69) is 9.47 Å². The van der Waals surface area contributed by atoms with Crippen LogP contribution in [0.4, 0.5) is 0 Å². The molecule has 0 spiro atoms. The highest BCUT2D eigenvalue weighted by atomic mass is 16.5. The highest BCUT2D eigenvalue weighted by Gasteiger charge is 2.49. The SMILES string of the molecule is CCOC(=O)C(CC(=O)OC)(CC(=O)OC)C(C)=O. The van der Waals surface area contributed by atoms with E-state index in [0.29, 0.717) is 0 Å². The van der Waals surface area contributed by atoms with Gasteiger partial charge in [-0.2, -0.15) is 0 Å². The maximum atomic E-state index is 12.0. The molecule has 0 aliphatic carbocycles.